The maximum atomic E-state index is 12.2. The van der Waals surface area contributed by atoms with Crippen molar-refractivity contribution in [1.82, 2.24) is 5.32 Å². The van der Waals surface area contributed by atoms with E-state index < -0.39 is 6.10 Å². The molecular formula is C20H23NO3. The maximum Gasteiger partial charge on any atom is 0.260 e. The summed E-state index contributed by atoms with van der Waals surface area (Å²) < 4.78 is 5.64. The third kappa shape index (κ3) is 4.95. The zero-order valence-electron chi connectivity index (χ0n) is 14.3. The Balaban J connectivity index is 1.88. The van der Waals surface area contributed by atoms with Gasteiger partial charge in [0, 0.05) is 12.1 Å². The topological polar surface area (TPSA) is 55.4 Å². The summed E-state index contributed by atoms with van der Waals surface area (Å²) in [6.07, 6.45) is -0.629. The molecule has 1 amide bonds. The highest BCUT2D eigenvalue weighted by Crippen LogP contribution is 2.16. The van der Waals surface area contributed by atoms with E-state index in [4.69, 9.17) is 4.74 Å². The number of ether oxygens (including phenoxy) is 1. The van der Waals surface area contributed by atoms with Gasteiger partial charge < -0.3 is 10.1 Å². The van der Waals surface area contributed by atoms with Crippen LogP contribution in [0.15, 0.2) is 54.6 Å². The molecule has 2 aromatic rings. The number of nitrogens with one attached hydrogen (secondary N) is 1. The molecule has 0 bridgehead atoms. The molecule has 0 spiro atoms. The van der Waals surface area contributed by atoms with Crippen LogP contribution in [0.1, 0.15) is 42.6 Å². The number of ketones is 1. The summed E-state index contributed by atoms with van der Waals surface area (Å²) >= 11 is 0. The standard InChI is InChI=1S/C20H23NO3/c1-14(17-8-5-4-6-9-17)13-21-20(23)16(3)24-19-11-7-10-18(12-19)15(2)22/h4-12,14,16H,13H2,1-3H3,(H,21,23)/t14-,16+/m1/s1. The Morgan fingerprint density at radius 1 is 1.04 bits per heavy atom. The molecule has 0 saturated heterocycles. The SMILES string of the molecule is CC(=O)c1cccc(O[C@@H](C)C(=O)NC[C@@H](C)c2ccccc2)c1. The van der Waals surface area contributed by atoms with Crippen molar-refractivity contribution in [2.45, 2.75) is 32.8 Å². The predicted molar refractivity (Wildman–Crippen MR) is 94.4 cm³/mol. The smallest absolute Gasteiger partial charge is 0.260 e. The lowest BCUT2D eigenvalue weighted by Gasteiger charge is -2.17. The summed E-state index contributed by atoms with van der Waals surface area (Å²) in [7, 11) is 0. The van der Waals surface area contributed by atoms with Gasteiger partial charge in [-0.15, -0.1) is 0 Å². The van der Waals surface area contributed by atoms with Crippen LogP contribution in [0.25, 0.3) is 0 Å². The summed E-state index contributed by atoms with van der Waals surface area (Å²) in [4.78, 5) is 23.6. The first kappa shape index (κ1) is 17.7. The lowest BCUT2D eigenvalue weighted by Crippen LogP contribution is -2.38. The van der Waals surface area contributed by atoms with Gasteiger partial charge in [-0.05, 0) is 37.5 Å². The van der Waals surface area contributed by atoms with Crippen LogP contribution in [0.3, 0.4) is 0 Å². The van der Waals surface area contributed by atoms with Crippen molar-refractivity contribution in [2.75, 3.05) is 6.54 Å². The molecule has 0 fully saturated rings. The molecule has 0 radical (unpaired) electrons. The predicted octanol–water partition coefficient (Wildman–Crippen LogP) is 3.58. The Morgan fingerprint density at radius 3 is 2.42 bits per heavy atom. The van der Waals surface area contributed by atoms with E-state index in [1.807, 2.05) is 30.3 Å². The summed E-state index contributed by atoms with van der Waals surface area (Å²) in [5.74, 6) is 0.532. The van der Waals surface area contributed by atoms with Gasteiger partial charge in [0.2, 0.25) is 0 Å². The van der Waals surface area contributed by atoms with E-state index in [2.05, 4.69) is 12.2 Å². The molecule has 0 unspecified atom stereocenters. The van der Waals surface area contributed by atoms with Crippen LogP contribution in [0, 0.1) is 0 Å². The molecule has 0 aromatic heterocycles. The Kier molecular flexibility index (Phi) is 6.13. The fourth-order valence-corrected chi connectivity index (χ4v) is 2.34. The quantitative estimate of drug-likeness (QED) is 0.792. The number of benzene rings is 2. The number of amides is 1. The summed E-state index contributed by atoms with van der Waals surface area (Å²) in [5, 5.41) is 2.91. The molecular weight excluding hydrogens is 302 g/mol. The number of carbonyl (C=O) groups excluding carboxylic acids is 2. The highest BCUT2D eigenvalue weighted by Gasteiger charge is 2.16. The minimum absolute atomic E-state index is 0.0331. The van der Waals surface area contributed by atoms with Crippen molar-refractivity contribution < 1.29 is 14.3 Å². The van der Waals surface area contributed by atoms with E-state index in [1.165, 1.54) is 12.5 Å². The van der Waals surface area contributed by atoms with E-state index in [0.29, 0.717) is 17.9 Å². The Morgan fingerprint density at radius 2 is 1.75 bits per heavy atom. The minimum atomic E-state index is -0.629. The molecule has 0 aliphatic rings. The zero-order valence-corrected chi connectivity index (χ0v) is 14.3. The minimum Gasteiger partial charge on any atom is -0.481 e. The van der Waals surface area contributed by atoms with Crippen LogP contribution in [-0.2, 0) is 4.79 Å². The molecule has 0 aliphatic carbocycles. The first-order valence-electron chi connectivity index (χ1n) is 8.07. The highest BCUT2D eigenvalue weighted by atomic mass is 16.5. The number of carbonyl (C=O) groups is 2. The Hall–Kier alpha value is -2.62. The van der Waals surface area contributed by atoms with Crippen molar-refractivity contribution in [1.29, 1.82) is 0 Å². The molecule has 2 aromatic carbocycles. The summed E-state index contributed by atoms with van der Waals surface area (Å²) in [6.45, 7) is 5.81. The van der Waals surface area contributed by atoms with Crippen LogP contribution in [0.2, 0.25) is 0 Å². The van der Waals surface area contributed by atoms with Crippen LogP contribution in [0.5, 0.6) is 5.75 Å². The van der Waals surface area contributed by atoms with Crippen molar-refractivity contribution >= 4 is 11.7 Å². The number of Topliss-reactive ketones (excluding diaryl/α,β-unsaturated/α-hetero) is 1. The molecule has 2 rings (SSSR count). The first-order chi connectivity index (χ1) is 11.5. The van der Waals surface area contributed by atoms with Gasteiger partial charge in [-0.1, -0.05) is 49.4 Å². The van der Waals surface area contributed by atoms with Crippen LogP contribution in [-0.4, -0.2) is 24.3 Å². The lowest BCUT2D eigenvalue weighted by atomic mass is 10.0. The third-order valence-corrected chi connectivity index (χ3v) is 3.87. The first-order valence-corrected chi connectivity index (χ1v) is 8.07. The second-order valence-electron chi connectivity index (χ2n) is 5.90. The second kappa shape index (κ2) is 8.29. The van der Waals surface area contributed by atoms with E-state index in [0.717, 1.165) is 0 Å². The highest BCUT2D eigenvalue weighted by molar-refractivity contribution is 5.94. The second-order valence-corrected chi connectivity index (χ2v) is 5.90. The Labute approximate surface area is 142 Å². The van der Waals surface area contributed by atoms with E-state index in [-0.39, 0.29) is 17.6 Å². The number of hydrogen-bond acceptors (Lipinski definition) is 3. The van der Waals surface area contributed by atoms with Gasteiger partial charge in [0.25, 0.3) is 5.91 Å². The zero-order chi connectivity index (χ0) is 17.5. The fraction of sp³-hybridized carbons (Fsp3) is 0.300. The molecule has 2 atom stereocenters. The van der Waals surface area contributed by atoms with E-state index in [1.54, 1.807) is 31.2 Å². The van der Waals surface area contributed by atoms with Crippen LogP contribution >= 0.6 is 0 Å². The van der Waals surface area contributed by atoms with E-state index in [9.17, 15) is 9.59 Å². The lowest BCUT2D eigenvalue weighted by molar-refractivity contribution is -0.127. The average Bonchev–Trinajstić information content (AvgIpc) is 2.60. The number of rotatable bonds is 7. The van der Waals surface area contributed by atoms with Gasteiger partial charge >= 0.3 is 0 Å². The van der Waals surface area contributed by atoms with Crippen molar-refractivity contribution in [3.63, 3.8) is 0 Å². The third-order valence-electron chi connectivity index (χ3n) is 3.87. The Bertz CT molecular complexity index is 697. The van der Waals surface area contributed by atoms with Gasteiger partial charge in [-0.25, -0.2) is 0 Å². The molecule has 1 N–H and O–H groups in total. The van der Waals surface area contributed by atoms with Crippen LogP contribution in [0.4, 0.5) is 0 Å². The van der Waals surface area contributed by atoms with Gasteiger partial charge in [0.05, 0.1) is 0 Å². The van der Waals surface area contributed by atoms with Crippen LogP contribution < -0.4 is 10.1 Å². The van der Waals surface area contributed by atoms with Gasteiger partial charge in [0.15, 0.2) is 11.9 Å². The molecule has 126 valence electrons. The fourth-order valence-electron chi connectivity index (χ4n) is 2.34. The van der Waals surface area contributed by atoms with Gasteiger partial charge in [0.1, 0.15) is 5.75 Å². The molecule has 0 saturated carbocycles. The maximum absolute atomic E-state index is 12.2. The average molecular weight is 325 g/mol. The largest absolute Gasteiger partial charge is 0.481 e. The normalized spacial score (nSPS) is 13.0. The van der Waals surface area contributed by atoms with Crippen molar-refractivity contribution in [3.05, 3.63) is 65.7 Å². The van der Waals surface area contributed by atoms with Crippen molar-refractivity contribution in [2.24, 2.45) is 0 Å². The molecule has 0 aliphatic heterocycles. The number of hydrogen-bond donors (Lipinski definition) is 1. The molecule has 24 heavy (non-hydrogen) atoms. The van der Waals surface area contributed by atoms with Gasteiger partial charge in [-0.2, -0.15) is 0 Å². The summed E-state index contributed by atoms with van der Waals surface area (Å²) in [6, 6.07) is 16.9. The summed E-state index contributed by atoms with van der Waals surface area (Å²) in [5.41, 5.74) is 1.75. The van der Waals surface area contributed by atoms with E-state index >= 15 is 0 Å². The molecule has 4 nitrogen and oxygen atoms in total. The van der Waals surface area contributed by atoms with Gasteiger partial charge in [-0.3, -0.25) is 9.59 Å². The molecule has 4 heteroatoms. The monoisotopic (exact) mass is 325 g/mol. The van der Waals surface area contributed by atoms with Crippen molar-refractivity contribution in [3.8, 4) is 5.75 Å². The molecule has 0 heterocycles.